The van der Waals surface area contributed by atoms with Crippen molar-refractivity contribution in [3.05, 3.63) is 0 Å². The molecule has 0 spiro atoms. The molecule has 0 amide bonds. The summed E-state index contributed by atoms with van der Waals surface area (Å²) in [4.78, 5) is 0. The van der Waals surface area contributed by atoms with E-state index in [1.807, 2.05) is 13.8 Å². The average molecular weight is 209 g/mol. The van der Waals surface area contributed by atoms with E-state index >= 15 is 0 Å². The van der Waals surface area contributed by atoms with Crippen molar-refractivity contribution < 1.29 is 6.52 Å². The van der Waals surface area contributed by atoms with Gasteiger partial charge in [0.25, 0.3) is 0 Å². The average Bonchev–Trinajstić information content (AvgIpc) is 1.27. The molecule has 0 aliphatic carbocycles. The molecule has 42 valence electrons. The van der Waals surface area contributed by atoms with Crippen LogP contribution < -0.4 is 0 Å². The summed E-state index contributed by atoms with van der Waals surface area (Å²) in [6.45, 7) is 3.91. The van der Waals surface area contributed by atoms with Crippen LogP contribution in [0.1, 0.15) is 13.8 Å². The standard InChI is InChI=1S/C4H9.H2O.O.Sn/c1-4(2)3;;;/h4H,1H2,2-3H3;1H2;;/q;;;+1/p-1. The summed E-state index contributed by atoms with van der Waals surface area (Å²) in [5, 5.41) is 0. The molecule has 0 aliphatic heterocycles. The Morgan fingerprint density at radius 3 is 2.14 bits per heavy atom. The predicted molar refractivity (Wildman–Crippen MR) is 28.3 cm³/mol. The maximum absolute atomic E-state index is 10.1. The predicted octanol–water partition coefficient (Wildman–Crippen LogP) is 0.553. The molecule has 0 rings (SSSR count). The molecule has 7 heavy (non-hydrogen) atoms. The fourth-order valence-corrected chi connectivity index (χ4v) is 2.34. The van der Waals surface area contributed by atoms with Crippen molar-refractivity contribution in [1.82, 2.24) is 0 Å². The molecule has 0 atom stereocenters. The van der Waals surface area contributed by atoms with Gasteiger partial charge in [-0.15, -0.1) is 0 Å². The Bertz CT molecular complexity index is 70.1. The SMILES string of the molecule is CC(C)[CH2][Sn](=[O])[OH]. The van der Waals surface area contributed by atoms with E-state index in [0.29, 0.717) is 10.4 Å². The zero-order chi connectivity index (χ0) is 5.86. The van der Waals surface area contributed by atoms with E-state index in [-0.39, 0.29) is 0 Å². The van der Waals surface area contributed by atoms with Crippen LogP contribution in [0.4, 0.5) is 0 Å². The quantitative estimate of drug-likeness (QED) is 0.674. The van der Waals surface area contributed by atoms with E-state index in [0.717, 1.165) is 0 Å². The summed E-state index contributed by atoms with van der Waals surface area (Å²) in [7, 11) is 0. The molecule has 0 fully saturated rings. The summed E-state index contributed by atoms with van der Waals surface area (Å²) >= 11 is -2.94. The summed E-state index contributed by atoms with van der Waals surface area (Å²) in [5.74, 6) is 0.400. The minimum atomic E-state index is -2.94. The molecule has 0 aromatic carbocycles. The number of rotatable bonds is 2. The second-order valence-electron chi connectivity index (χ2n) is 1.99. The first-order valence-corrected chi connectivity index (χ1v) is 6.80. The van der Waals surface area contributed by atoms with Crippen LogP contribution in [0.5, 0.6) is 0 Å². The molecule has 0 radical (unpaired) electrons. The molecule has 2 nitrogen and oxygen atoms in total. The van der Waals surface area contributed by atoms with Gasteiger partial charge in [0, 0.05) is 0 Å². The molecule has 0 aliphatic rings. The molecule has 0 aromatic rings. The Hall–Kier alpha value is 0.559. The van der Waals surface area contributed by atoms with Gasteiger partial charge in [0.1, 0.15) is 0 Å². The van der Waals surface area contributed by atoms with Gasteiger partial charge in [0.2, 0.25) is 0 Å². The van der Waals surface area contributed by atoms with E-state index < -0.39 is 20.2 Å². The Kier molecular flexibility index (Phi) is 3.83. The van der Waals surface area contributed by atoms with E-state index in [4.69, 9.17) is 3.44 Å². The van der Waals surface area contributed by atoms with Gasteiger partial charge in [-0.2, -0.15) is 0 Å². The monoisotopic (exact) mass is 210 g/mol. The summed E-state index contributed by atoms with van der Waals surface area (Å²) < 4.78 is 19.0. The molecule has 0 saturated carbocycles. The van der Waals surface area contributed by atoms with Crippen molar-refractivity contribution in [1.29, 1.82) is 0 Å². The molecule has 0 unspecified atom stereocenters. The second kappa shape index (κ2) is 3.55. The topological polar surface area (TPSA) is 37.3 Å². The van der Waals surface area contributed by atoms with Crippen LogP contribution in [0, 0.1) is 5.92 Å². The Labute approximate surface area is 51.2 Å². The van der Waals surface area contributed by atoms with E-state index in [9.17, 15) is 3.08 Å². The van der Waals surface area contributed by atoms with Crippen LogP contribution in [0.3, 0.4) is 0 Å². The van der Waals surface area contributed by atoms with Gasteiger partial charge in [-0.1, -0.05) is 0 Å². The summed E-state index contributed by atoms with van der Waals surface area (Å²) in [6, 6.07) is 0. The van der Waals surface area contributed by atoms with Gasteiger partial charge >= 0.3 is 50.9 Å². The normalized spacial score (nSPS) is 9.71. The first-order chi connectivity index (χ1) is 3.13. The zero-order valence-corrected chi connectivity index (χ0v) is 7.49. The first-order valence-electron chi connectivity index (χ1n) is 2.34. The van der Waals surface area contributed by atoms with Crippen molar-refractivity contribution in [3.63, 3.8) is 0 Å². The van der Waals surface area contributed by atoms with Crippen LogP contribution in [0.15, 0.2) is 0 Å². The molecule has 0 saturated heterocycles. The molecule has 3 heteroatoms. The van der Waals surface area contributed by atoms with Crippen LogP contribution in [0.2, 0.25) is 4.44 Å². The number of hydrogen-bond donors (Lipinski definition) is 1. The van der Waals surface area contributed by atoms with Gasteiger partial charge in [-0.3, -0.25) is 0 Å². The molecule has 1 N–H and O–H groups in total. The van der Waals surface area contributed by atoms with Gasteiger partial charge in [-0.25, -0.2) is 0 Å². The first kappa shape index (κ1) is 7.56. The van der Waals surface area contributed by atoms with E-state index in [1.165, 1.54) is 0 Å². The third kappa shape index (κ3) is 6.56. The molecule has 0 aromatic heterocycles. The van der Waals surface area contributed by atoms with Crippen molar-refractivity contribution in [3.8, 4) is 0 Å². The minimum absolute atomic E-state index is 0.400. The summed E-state index contributed by atoms with van der Waals surface area (Å²) in [5.41, 5.74) is 0. The van der Waals surface area contributed by atoms with Gasteiger partial charge in [0.15, 0.2) is 0 Å². The van der Waals surface area contributed by atoms with Gasteiger partial charge < -0.3 is 0 Å². The van der Waals surface area contributed by atoms with E-state index in [2.05, 4.69) is 0 Å². The van der Waals surface area contributed by atoms with Crippen molar-refractivity contribution in [2.75, 3.05) is 0 Å². The van der Waals surface area contributed by atoms with Crippen LogP contribution in [-0.4, -0.2) is 23.6 Å². The molecular formula is C4H10O2Sn. The van der Waals surface area contributed by atoms with Crippen molar-refractivity contribution >= 4 is 20.2 Å². The third-order valence-electron chi connectivity index (χ3n) is 0.583. The third-order valence-corrected chi connectivity index (χ3v) is 3.91. The Balaban J connectivity index is 3.13. The van der Waals surface area contributed by atoms with Crippen LogP contribution >= 0.6 is 0 Å². The summed E-state index contributed by atoms with van der Waals surface area (Å²) in [6.07, 6.45) is 0. The van der Waals surface area contributed by atoms with Gasteiger partial charge in [-0.05, 0) is 0 Å². The van der Waals surface area contributed by atoms with Crippen molar-refractivity contribution in [2.45, 2.75) is 18.3 Å². The molecule has 0 bridgehead atoms. The van der Waals surface area contributed by atoms with E-state index in [1.54, 1.807) is 0 Å². The van der Waals surface area contributed by atoms with Crippen LogP contribution in [-0.2, 0) is 3.08 Å². The van der Waals surface area contributed by atoms with Crippen molar-refractivity contribution in [2.24, 2.45) is 5.92 Å². The Morgan fingerprint density at radius 2 is 2.14 bits per heavy atom. The molecular weight excluding hydrogens is 199 g/mol. The fourth-order valence-electron chi connectivity index (χ4n) is 0.349. The Morgan fingerprint density at radius 1 is 1.71 bits per heavy atom. The molecule has 0 heterocycles. The fraction of sp³-hybridized carbons (Fsp3) is 1.00. The van der Waals surface area contributed by atoms with Gasteiger partial charge in [0.05, 0.1) is 0 Å². The number of hydrogen-bond acceptors (Lipinski definition) is 1. The van der Waals surface area contributed by atoms with Crippen LogP contribution in [0.25, 0.3) is 0 Å². The zero-order valence-electron chi connectivity index (χ0n) is 4.64. The second-order valence-corrected chi connectivity index (χ2v) is 5.40. The maximum atomic E-state index is 10.1.